The Hall–Kier alpha value is -0.530. The molecule has 0 bridgehead atoms. The summed E-state index contributed by atoms with van der Waals surface area (Å²) < 4.78 is 0. The summed E-state index contributed by atoms with van der Waals surface area (Å²) in [6.45, 7) is 10.4. The average Bonchev–Trinajstić information content (AvgIpc) is 2.16. The SMILES string of the molecule is CC(C)C(=O)N1CCC[C@@H](C(C)C)C1. The minimum Gasteiger partial charge on any atom is -0.342 e. The van der Waals surface area contributed by atoms with Gasteiger partial charge in [-0.2, -0.15) is 0 Å². The Morgan fingerprint density at radius 3 is 2.43 bits per heavy atom. The summed E-state index contributed by atoms with van der Waals surface area (Å²) in [5.74, 6) is 1.90. The molecule has 14 heavy (non-hydrogen) atoms. The third-order valence-electron chi connectivity index (χ3n) is 3.21. The van der Waals surface area contributed by atoms with Crippen LogP contribution >= 0.6 is 0 Å². The van der Waals surface area contributed by atoms with E-state index in [2.05, 4.69) is 18.7 Å². The predicted octanol–water partition coefficient (Wildman–Crippen LogP) is 2.54. The second kappa shape index (κ2) is 4.81. The molecule has 1 aliphatic heterocycles. The smallest absolute Gasteiger partial charge is 0.225 e. The lowest BCUT2D eigenvalue weighted by Crippen LogP contribution is -2.43. The van der Waals surface area contributed by atoms with Crippen LogP contribution in [0.3, 0.4) is 0 Å². The molecule has 0 aliphatic carbocycles. The second-order valence-corrected chi connectivity index (χ2v) is 5.09. The molecule has 82 valence electrons. The molecule has 1 heterocycles. The van der Waals surface area contributed by atoms with Crippen molar-refractivity contribution in [2.75, 3.05) is 13.1 Å². The van der Waals surface area contributed by atoms with Gasteiger partial charge < -0.3 is 4.90 Å². The lowest BCUT2D eigenvalue weighted by molar-refractivity contribution is -0.136. The molecule has 2 nitrogen and oxygen atoms in total. The van der Waals surface area contributed by atoms with Gasteiger partial charge in [-0.1, -0.05) is 27.7 Å². The van der Waals surface area contributed by atoms with E-state index >= 15 is 0 Å². The van der Waals surface area contributed by atoms with Crippen LogP contribution in [0.5, 0.6) is 0 Å². The van der Waals surface area contributed by atoms with Crippen LogP contribution in [0.1, 0.15) is 40.5 Å². The van der Waals surface area contributed by atoms with E-state index in [1.165, 1.54) is 12.8 Å². The maximum Gasteiger partial charge on any atom is 0.225 e. The zero-order chi connectivity index (χ0) is 10.7. The fraction of sp³-hybridized carbons (Fsp3) is 0.917. The van der Waals surface area contributed by atoms with Gasteiger partial charge in [0.25, 0.3) is 0 Å². The van der Waals surface area contributed by atoms with E-state index in [1.54, 1.807) is 0 Å². The van der Waals surface area contributed by atoms with Gasteiger partial charge in [-0.05, 0) is 24.7 Å². The van der Waals surface area contributed by atoms with Crippen LogP contribution in [0.2, 0.25) is 0 Å². The third-order valence-corrected chi connectivity index (χ3v) is 3.21. The van der Waals surface area contributed by atoms with Crippen LogP contribution in [0.4, 0.5) is 0 Å². The topological polar surface area (TPSA) is 20.3 Å². The molecule has 1 amide bonds. The summed E-state index contributed by atoms with van der Waals surface area (Å²) >= 11 is 0. The van der Waals surface area contributed by atoms with Gasteiger partial charge in [-0.3, -0.25) is 4.79 Å². The number of amides is 1. The van der Waals surface area contributed by atoms with Crippen LogP contribution in [0.15, 0.2) is 0 Å². The number of rotatable bonds is 2. The number of nitrogens with zero attached hydrogens (tertiary/aromatic N) is 1. The first kappa shape index (κ1) is 11.5. The van der Waals surface area contributed by atoms with Crippen LogP contribution in [-0.4, -0.2) is 23.9 Å². The molecule has 0 spiro atoms. The molecule has 0 saturated carbocycles. The number of carbonyl (C=O) groups excluding carboxylic acids is 1. The summed E-state index contributed by atoms with van der Waals surface area (Å²) in [4.78, 5) is 13.8. The molecular formula is C12H23NO. The Bertz CT molecular complexity index is 198. The van der Waals surface area contributed by atoms with Crippen LogP contribution in [0, 0.1) is 17.8 Å². The first-order chi connectivity index (χ1) is 6.52. The molecular weight excluding hydrogens is 174 g/mol. The monoisotopic (exact) mass is 197 g/mol. The minimum absolute atomic E-state index is 0.154. The average molecular weight is 197 g/mol. The van der Waals surface area contributed by atoms with Gasteiger partial charge in [-0.25, -0.2) is 0 Å². The van der Waals surface area contributed by atoms with E-state index in [9.17, 15) is 4.79 Å². The molecule has 1 aliphatic rings. The molecule has 1 rings (SSSR count). The van der Waals surface area contributed by atoms with Crippen molar-refractivity contribution in [2.24, 2.45) is 17.8 Å². The first-order valence-electron chi connectivity index (χ1n) is 5.81. The summed E-state index contributed by atoms with van der Waals surface area (Å²) in [5.41, 5.74) is 0. The van der Waals surface area contributed by atoms with Crippen molar-refractivity contribution in [1.82, 2.24) is 4.90 Å². The van der Waals surface area contributed by atoms with Gasteiger partial charge >= 0.3 is 0 Å². The van der Waals surface area contributed by atoms with Crippen molar-refractivity contribution in [3.8, 4) is 0 Å². The van der Waals surface area contributed by atoms with Crippen molar-refractivity contribution >= 4 is 5.91 Å². The van der Waals surface area contributed by atoms with E-state index in [0.717, 1.165) is 13.1 Å². The largest absolute Gasteiger partial charge is 0.342 e. The maximum atomic E-state index is 11.8. The second-order valence-electron chi connectivity index (χ2n) is 5.09. The standard InChI is InChI=1S/C12H23NO/c1-9(2)11-6-5-7-13(8-11)12(14)10(3)4/h9-11H,5-8H2,1-4H3/t11-/m1/s1. The van der Waals surface area contributed by atoms with Crippen molar-refractivity contribution in [3.05, 3.63) is 0 Å². The van der Waals surface area contributed by atoms with Gasteiger partial charge in [0.15, 0.2) is 0 Å². The Labute approximate surface area is 87.7 Å². The molecule has 2 heteroatoms. The molecule has 1 saturated heterocycles. The van der Waals surface area contributed by atoms with Crippen molar-refractivity contribution in [3.63, 3.8) is 0 Å². The lowest BCUT2D eigenvalue weighted by atomic mass is 9.87. The van der Waals surface area contributed by atoms with Crippen LogP contribution in [-0.2, 0) is 4.79 Å². The maximum absolute atomic E-state index is 11.8. The molecule has 0 N–H and O–H groups in total. The van der Waals surface area contributed by atoms with Crippen molar-refractivity contribution in [2.45, 2.75) is 40.5 Å². The van der Waals surface area contributed by atoms with Gasteiger partial charge in [0.05, 0.1) is 0 Å². The highest BCUT2D eigenvalue weighted by Gasteiger charge is 2.26. The third kappa shape index (κ3) is 2.73. The van der Waals surface area contributed by atoms with Crippen molar-refractivity contribution < 1.29 is 4.79 Å². The van der Waals surface area contributed by atoms with Crippen LogP contribution in [0.25, 0.3) is 0 Å². The minimum atomic E-state index is 0.154. The Morgan fingerprint density at radius 2 is 1.93 bits per heavy atom. The van der Waals surface area contributed by atoms with E-state index < -0.39 is 0 Å². The molecule has 1 atom stereocenters. The zero-order valence-electron chi connectivity index (χ0n) is 9.92. The Balaban J connectivity index is 2.51. The highest BCUT2D eigenvalue weighted by molar-refractivity contribution is 5.78. The van der Waals surface area contributed by atoms with E-state index in [1.807, 2.05) is 13.8 Å². The molecule has 0 aromatic heterocycles. The highest BCUT2D eigenvalue weighted by atomic mass is 16.2. The van der Waals surface area contributed by atoms with Gasteiger partial charge in [0.2, 0.25) is 5.91 Å². The summed E-state index contributed by atoms with van der Waals surface area (Å²) in [6, 6.07) is 0. The van der Waals surface area contributed by atoms with Crippen molar-refractivity contribution in [1.29, 1.82) is 0 Å². The summed E-state index contributed by atoms with van der Waals surface area (Å²) in [5, 5.41) is 0. The zero-order valence-corrected chi connectivity index (χ0v) is 9.92. The molecule has 0 aromatic rings. The highest BCUT2D eigenvalue weighted by Crippen LogP contribution is 2.24. The van der Waals surface area contributed by atoms with E-state index in [0.29, 0.717) is 17.7 Å². The van der Waals surface area contributed by atoms with Gasteiger partial charge in [-0.15, -0.1) is 0 Å². The predicted molar refractivity (Wildman–Crippen MR) is 59.0 cm³/mol. The van der Waals surface area contributed by atoms with Crippen LogP contribution < -0.4 is 0 Å². The number of hydrogen-bond donors (Lipinski definition) is 0. The van der Waals surface area contributed by atoms with E-state index in [-0.39, 0.29) is 5.92 Å². The lowest BCUT2D eigenvalue weighted by Gasteiger charge is -2.35. The summed E-state index contributed by atoms with van der Waals surface area (Å²) in [6.07, 6.45) is 2.47. The number of hydrogen-bond acceptors (Lipinski definition) is 1. The Morgan fingerprint density at radius 1 is 1.29 bits per heavy atom. The summed E-state index contributed by atoms with van der Waals surface area (Å²) in [7, 11) is 0. The normalized spacial score (nSPS) is 23.3. The Kier molecular flexibility index (Phi) is 3.97. The molecule has 0 aromatic carbocycles. The first-order valence-corrected chi connectivity index (χ1v) is 5.81. The fourth-order valence-electron chi connectivity index (χ4n) is 2.12. The number of piperidine rings is 1. The molecule has 1 fully saturated rings. The fourth-order valence-corrected chi connectivity index (χ4v) is 2.12. The number of carbonyl (C=O) groups is 1. The molecule has 0 radical (unpaired) electrons. The van der Waals surface area contributed by atoms with E-state index in [4.69, 9.17) is 0 Å². The number of likely N-dealkylation sites (tertiary alicyclic amines) is 1. The van der Waals surface area contributed by atoms with Gasteiger partial charge in [0, 0.05) is 19.0 Å². The molecule has 0 unspecified atom stereocenters. The quantitative estimate of drug-likeness (QED) is 0.666. The van der Waals surface area contributed by atoms with Gasteiger partial charge in [0.1, 0.15) is 0 Å².